The molecule has 5 nitrogen and oxygen atoms in total. The van der Waals surface area contributed by atoms with Crippen LogP contribution in [-0.2, 0) is 4.79 Å². The van der Waals surface area contributed by atoms with Crippen molar-refractivity contribution < 1.29 is 9.21 Å². The summed E-state index contributed by atoms with van der Waals surface area (Å²) in [4.78, 5) is 15.7. The van der Waals surface area contributed by atoms with Crippen LogP contribution >= 0.6 is 0 Å². The van der Waals surface area contributed by atoms with Gasteiger partial charge in [-0.25, -0.2) is 0 Å². The molecule has 1 aromatic heterocycles. The highest BCUT2D eigenvalue weighted by atomic mass is 16.3. The van der Waals surface area contributed by atoms with Gasteiger partial charge >= 0.3 is 0 Å². The molecule has 0 saturated carbocycles. The van der Waals surface area contributed by atoms with Crippen LogP contribution < -0.4 is 5.73 Å². The van der Waals surface area contributed by atoms with E-state index in [0.29, 0.717) is 0 Å². The fraction of sp³-hybridized carbons (Fsp3) is 0.643. The van der Waals surface area contributed by atoms with Crippen LogP contribution in [0, 0.1) is 0 Å². The normalized spacial score (nSPS) is 20.9. The van der Waals surface area contributed by atoms with E-state index in [1.54, 1.807) is 13.2 Å². The number of nitrogens with two attached hydrogens (primary N) is 1. The van der Waals surface area contributed by atoms with E-state index < -0.39 is 0 Å². The molecule has 1 aliphatic heterocycles. The minimum Gasteiger partial charge on any atom is -0.468 e. The number of hydrogen-bond acceptors (Lipinski definition) is 4. The highest BCUT2D eigenvalue weighted by Crippen LogP contribution is 2.25. The van der Waals surface area contributed by atoms with E-state index in [4.69, 9.17) is 10.2 Å². The molecule has 0 bridgehead atoms. The lowest BCUT2D eigenvalue weighted by atomic mass is 10.1. The molecule has 19 heavy (non-hydrogen) atoms. The molecule has 0 aromatic carbocycles. The number of amides is 1. The van der Waals surface area contributed by atoms with E-state index >= 15 is 0 Å². The van der Waals surface area contributed by atoms with Gasteiger partial charge in [0.2, 0.25) is 5.91 Å². The maximum atomic E-state index is 11.5. The van der Waals surface area contributed by atoms with Crippen molar-refractivity contribution in [2.24, 2.45) is 5.73 Å². The molecule has 2 atom stereocenters. The zero-order valence-corrected chi connectivity index (χ0v) is 11.7. The van der Waals surface area contributed by atoms with Gasteiger partial charge in [-0.15, -0.1) is 0 Å². The van der Waals surface area contributed by atoms with Gasteiger partial charge in [-0.2, -0.15) is 0 Å². The third-order valence-corrected chi connectivity index (χ3v) is 3.70. The zero-order valence-electron chi connectivity index (χ0n) is 11.7. The van der Waals surface area contributed by atoms with E-state index in [2.05, 4.69) is 4.90 Å². The van der Waals surface area contributed by atoms with Crippen molar-refractivity contribution in [1.82, 2.24) is 9.80 Å². The Morgan fingerprint density at radius 1 is 1.37 bits per heavy atom. The molecule has 2 unspecified atom stereocenters. The summed E-state index contributed by atoms with van der Waals surface area (Å²) in [6, 6.07) is 3.95. The molecule has 1 amide bonds. The molecular formula is C14H23N3O2. The Bertz CT molecular complexity index is 403. The quantitative estimate of drug-likeness (QED) is 0.892. The van der Waals surface area contributed by atoms with Gasteiger partial charge in [-0.05, 0) is 25.5 Å². The Morgan fingerprint density at radius 2 is 2.16 bits per heavy atom. The van der Waals surface area contributed by atoms with E-state index in [-0.39, 0.29) is 18.0 Å². The number of rotatable bonds is 3. The van der Waals surface area contributed by atoms with Crippen LogP contribution in [0.5, 0.6) is 0 Å². The SMILES string of the molecule is CC(=O)N1CCCN(C(c2ccco2)C(C)N)CC1. The van der Waals surface area contributed by atoms with Crippen LogP contribution in [0.4, 0.5) is 0 Å². The molecule has 5 heteroatoms. The standard InChI is InChI=1S/C14H23N3O2/c1-11(15)14(13-5-3-10-19-13)17-7-4-6-16(8-9-17)12(2)18/h3,5,10-11,14H,4,6-9,15H2,1-2H3. The lowest BCUT2D eigenvalue weighted by Crippen LogP contribution is -2.41. The molecule has 1 saturated heterocycles. The first-order chi connectivity index (χ1) is 9.09. The van der Waals surface area contributed by atoms with Crippen molar-refractivity contribution in [1.29, 1.82) is 0 Å². The lowest BCUT2D eigenvalue weighted by molar-refractivity contribution is -0.128. The van der Waals surface area contributed by atoms with Crippen molar-refractivity contribution in [3.8, 4) is 0 Å². The molecular weight excluding hydrogens is 242 g/mol. The van der Waals surface area contributed by atoms with Crippen LogP contribution in [-0.4, -0.2) is 47.9 Å². The second kappa shape index (κ2) is 6.21. The minimum absolute atomic E-state index is 0.00460. The number of carbonyl (C=O) groups excluding carboxylic acids is 1. The Morgan fingerprint density at radius 3 is 2.74 bits per heavy atom. The summed E-state index contributed by atoms with van der Waals surface area (Å²) in [7, 11) is 0. The molecule has 2 N–H and O–H groups in total. The third kappa shape index (κ3) is 3.36. The fourth-order valence-electron chi connectivity index (χ4n) is 2.76. The van der Waals surface area contributed by atoms with E-state index in [1.807, 2.05) is 24.0 Å². The highest BCUT2D eigenvalue weighted by Gasteiger charge is 2.28. The number of nitrogens with zero attached hydrogens (tertiary/aromatic N) is 2. The monoisotopic (exact) mass is 265 g/mol. The molecule has 2 heterocycles. The first-order valence-corrected chi connectivity index (χ1v) is 6.88. The van der Waals surface area contributed by atoms with Gasteiger partial charge in [-0.3, -0.25) is 9.69 Å². The van der Waals surface area contributed by atoms with E-state index in [1.165, 1.54) is 0 Å². The van der Waals surface area contributed by atoms with Crippen LogP contribution in [0.15, 0.2) is 22.8 Å². The van der Waals surface area contributed by atoms with Gasteiger partial charge < -0.3 is 15.1 Å². The second-order valence-corrected chi connectivity index (χ2v) is 5.21. The highest BCUT2D eigenvalue weighted by molar-refractivity contribution is 5.73. The lowest BCUT2D eigenvalue weighted by Gasteiger charge is -2.31. The van der Waals surface area contributed by atoms with Crippen molar-refractivity contribution in [3.05, 3.63) is 24.2 Å². The van der Waals surface area contributed by atoms with Gasteiger partial charge in [0.15, 0.2) is 0 Å². The summed E-state index contributed by atoms with van der Waals surface area (Å²) in [5, 5.41) is 0. The Labute approximate surface area is 114 Å². The smallest absolute Gasteiger partial charge is 0.219 e. The molecule has 106 valence electrons. The Kier molecular flexibility index (Phi) is 4.61. The van der Waals surface area contributed by atoms with Crippen LogP contribution in [0.25, 0.3) is 0 Å². The maximum absolute atomic E-state index is 11.5. The van der Waals surface area contributed by atoms with Gasteiger partial charge in [-0.1, -0.05) is 0 Å². The fourth-order valence-corrected chi connectivity index (χ4v) is 2.76. The topological polar surface area (TPSA) is 62.7 Å². The average molecular weight is 265 g/mol. The molecule has 1 fully saturated rings. The third-order valence-electron chi connectivity index (χ3n) is 3.70. The van der Waals surface area contributed by atoms with Crippen molar-refractivity contribution >= 4 is 5.91 Å². The molecule has 0 spiro atoms. The van der Waals surface area contributed by atoms with Crippen LogP contribution in [0.2, 0.25) is 0 Å². The van der Waals surface area contributed by atoms with Crippen LogP contribution in [0.3, 0.4) is 0 Å². The Balaban J connectivity index is 2.08. The molecule has 2 rings (SSSR count). The molecule has 1 aromatic rings. The average Bonchev–Trinajstić information content (AvgIpc) is 2.74. The van der Waals surface area contributed by atoms with E-state index in [9.17, 15) is 4.79 Å². The summed E-state index contributed by atoms with van der Waals surface area (Å²) in [6.07, 6.45) is 2.66. The van der Waals surface area contributed by atoms with Crippen molar-refractivity contribution in [2.45, 2.75) is 32.4 Å². The summed E-state index contributed by atoms with van der Waals surface area (Å²) in [5.74, 6) is 1.06. The number of carbonyl (C=O) groups is 1. The predicted octanol–water partition coefficient (Wildman–Crippen LogP) is 1.22. The van der Waals surface area contributed by atoms with Gasteiger partial charge in [0.05, 0.1) is 12.3 Å². The van der Waals surface area contributed by atoms with Gasteiger partial charge in [0, 0.05) is 39.1 Å². The summed E-state index contributed by atoms with van der Waals surface area (Å²) in [6.45, 7) is 7.00. The van der Waals surface area contributed by atoms with E-state index in [0.717, 1.165) is 38.4 Å². The summed E-state index contributed by atoms with van der Waals surface area (Å²) in [5.41, 5.74) is 6.12. The number of furan rings is 1. The Hall–Kier alpha value is -1.33. The summed E-state index contributed by atoms with van der Waals surface area (Å²) >= 11 is 0. The largest absolute Gasteiger partial charge is 0.468 e. The minimum atomic E-state index is -0.00460. The van der Waals surface area contributed by atoms with Gasteiger partial charge in [0.25, 0.3) is 0 Å². The zero-order chi connectivity index (χ0) is 13.8. The second-order valence-electron chi connectivity index (χ2n) is 5.21. The number of hydrogen-bond donors (Lipinski definition) is 1. The first-order valence-electron chi connectivity index (χ1n) is 6.88. The van der Waals surface area contributed by atoms with Crippen LogP contribution in [0.1, 0.15) is 32.1 Å². The maximum Gasteiger partial charge on any atom is 0.219 e. The molecule has 1 aliphatic rings. The molecule has 0 aliphatic carbocycles. The van der Waals surface area contributed by atoms with Crippen molar-refractivity contribution in [2.75, 3.05) is 26.2 Å². The van der Waals surface area contributed by atoms with Crippen molar-refractivity contribution in [3.63, 3.8) is 0 Å². The molecule has 0 radical (unpaired) electrons. The predicted molar refractivity (Wildman–Crippen MR) is 73.5 cm³/mol. The first kappa shape index (κ1) is 14.1. The van der Waals surface area contributed by atoms with Gasteiger partial charge in [0.1, 0.15) is 5.76 Å². The summed E-state index contributed by atoms with van der Waals surface area (Å²) < 4.78 is 5.52.